The molecule has 0 fully saturated rings. The lowest BCUT2D eigenvalue weighted by molar-refractivity contribution is 0.323. The molecule has 0 unspecified atom stereocenters. The summed E-state index contributed by atoms with van der Waals surface area (Å²) in [5, 5.41) is 9.89. The van der Waals surface area contributed by atoms with E-state index in [0.717, 1.165) is 35.4 Å². The topological polar surface area (TPSA) is 117 Å². The molecular formula is C23H26N6O3S. The van der Waals surface area contributed by atoms with E-state index in [0.29, 0.717) is 17.5 Å². The van der Waals surface area contributed by atoms with E-state index >= 15 is 0 Å². The third-order valence-electron chi connectivity index (χ3n) is 4.76. The van der Waals surface area contributed by atoms with Gasteiger partial charge in [0.05, 0.1) is 6.26 Å². The Bertz CT molecular complexity index is 1280. The van der Waals surface area contributed by atoms with Gasteiger partial charge in [0.15, 0.2) is 0 Å². The Morgan fingerprint density at radius 3 is 2.79 bits per heavy atom. The van der Waals surface area contributed by atoms with Crippen LogP contribution in [-0.4, -0.2) is 44.3 Å². The second kappa shape index (κ2) is 9.88. The molecule has 0 radical (unpaired) electrons. The van der Waals surface area contributed by atoms with Gasteiger partial charge in [-0.3, -0.25) is 0 Å². The Hall–Kier alpha value is -3.63. The van der Waals surface area contributed by atoms with Crippen LogP contribution >= 0.6 is 0 Å². The zero-order valence-electron chi connectivity index (χ0n) is 18.4. The number of sulfonamides is 1. The minimum atomic E-state index is -3.23. The standard InChI is InChI=1S/C23H26N6O3S/c1-16-12-17-13-19(6-7-21(17)25-15-16)27-22-8-9-24-23(29-22)28-18-4-3-5-20(14-18)32-11-10-26-33(2,30)31/h3-9,12-14,25-26H,10-11,15H2,1-2H3,(H2,24,27,28,29). The number of aromatic nitrogens is 2. The van der Waals surface area contributed by atoms with E-state index in [1.165, 1.54) is 5.57 Å². The molecule has 9 nitrogen and oxygen atoms in total. The van der Waals surface area contributed by atoms with Crippen molar-refractivity contribution in [3.05, 3.63) is 65.9 Å². The number of hydrogen-bond donors (Lipinski definition) is 4. The van der Waals surface area contributed by atoms with E-state index in [1.807, 2.05) is 18.2 Å². The van der Waals surface area contributed by atoms with Gasteiger partial charge in [-0.25, -0.2) is 18.1 Å². The molecule has 0 atom stereocenters. The Labute approximate surface area is 193 Å². The molecule has 0 bridgehead atoms. The molecule has 0 saturated heterocycles. The number of anilines is 5. The molecule has 0 saturated carbocycles. The summed E-state index contributed by atoms with van der Waals surface area (Å²) in [4.78, 5) is 8.83. The fourth-order valence-electron chi connectivity index (χ4n) is 3.30. The number of nitrogens with zero attached hydrogens (tertiary/aromatic N) is 2. The van der Waals surface area contributed by atoms with Crippen molar-refractivity contribution in [3.63, 3.8) is 0 Å². The van der Waals surface area contributed by atoms with Crippen molar-refractivity contribution in [2.75, 3.05) is 41.9 Å². The monoisotopic (exact) mass is 466 g/mol. The van der Waals surface area contributed by atoms with Crippen LogP contribution in [0.3, 0.4) is 0 Å². The Balaban J connectivity index is 1.39. The third kappa shape index (κ3) is 6.67. The molecule has 2 heterocycles. The van der Waals surface area contributed by atoms with Crippen LogP contribution < -0.4 is 25.4 Å². The molecule has 0 spiro atoms. The maximum atomic E-state index is 11.1. The zero-order valence-corrected chi connectivity index (χ0v) is 19.2. The average Bonchev–Trinajstić information content (AvgIpc) is 2.76. The number of ether oxygens (including phenoxy) is 1. The molecule has 1 aliphatic rings. The number of fused-ring (bicyclic) bond motifs is 1. The highest BCUT2D eigenvalue weighted by atomic mass is 32.2. The van der Waals surface area contributed by atoms with Crippen LogP contribution in [0.5, 0.6) is 5.75 Å². The highest BCUT2D eigenvalue weighted by Gasteiger charge is 2.09. The second-order valence-electron chi connectivity index (χ2n) is 7.70. The van der Waals surface area contributed by atoms with Crippen LogP contribution in [0.4, 0.5) is 28.8 Å². The van der Waals surface area contributed by atoms with E-state index in [-0.39, 0.29) is 13.2 Å². The van der Waals surface area contributed by atoms with E-state index in [4.69, 9.17) is 4.74 Å². The summed E-state index contributed by atoms with van der Waals surface area (Å²) in [6, 6.07) is 15.3. The van der Waals surface area contributed by atoms with Gasteiger partial charge in [0.25, 0.3) is 0 Å². The summed E-state index contributed by atoms with van der Waals surface area (Å²) in [7, 11) is -3.23. The molecule has 1 aromatic heterocycles. The van der Waals surface area contributed by atoms with Crippen molar-refractivity contribution in [1.29, 1.82) is 0 Å². The van der Waals surface area contributed by atoms with Gasteiger partial charge in [-0.1, -0.05) is 17.7 Å². The molecule has 33 heavy (non-hydrogen) atoms. The van der Waals surface area contributed by atoms with E-state index < -0.39 is 10.0 Å². The average molecular weight is 467 g/mol. The van der Waals surface area contributed by atoms with Gasteiger partial charge in [-0.15, -0.1) is 0 Å². The van der Waals surface area contributed by atoms with Crippen LogP contribution in [0.25, 0.3) is 6.08 Å². The van der Waals surface area contributed by atoms with Crippen molar-refractivity contribution < 1.29 is 13.2 Å². The first-order chi connectivity index (χ1) is 15.8. The van der Waals surface area contributed by atoms with Gasteiger partial charge in [0, 0.05) is 42.4 Å². The molecule has 10 heteroatoms. The maximum Gasteiger partial charge on any atom is 0.229 e. The van der Waals surface area contributed by atoms with Crippen molar-refractivity contribution in [2.24, 2.45) is 0 Å². The molecule has 1 aliphatic heterocycles. The second-order valence-corrected chi connectivity index (χ2v) is 9.54. The van der Waals surface area contributed by atoms with Gasteiger partial charge in [-0.2, -0.15) is 4.98 Å². The fourth-order valence-corrected chi connectivity index (χ4v) is 3.75. The molecule has 3 aromatic rings. The number of benzene rings is 2. The lowest BCUT2D eigenvalue weighted by atomic mass is 10.0. The van der Waals surface area contributed by atoms with Gasteiger partial charge in [0.2, 0.25) is 16.0 Å². The first-order valence-corrected chi connectivity index (χ1v) is 12.3. The molecular weight excluding hydrogens is 440 g/mol. The third-order valence-corrected chi connectivity index (χ3v) is 5.49. The summed E-state index contributed by atoms with van der Waals surface area (Å²) in [6.45, 7) is 3.38. The Kier molecular flexibility index (Phi) is 6.76. The highest BCUT2D eigenvalue weighted by Crippen LogP contribution is 2.28. The predicted molar refractivity (Wildman–Crippen MR) is 132 cm³/mol. The Morgan fingerprint density at radius 1 is 1.09 bits per heavy atom. The fraction of sp³-hybridized carbons (Fsp3) is 0.217. The summed E-state index contributed by atoms with van der Waals surface area (Å²) < 4.78 is 30.2. The predicted octanol–water partition coefficient (Wildman–Crippen LogP) is 3.72. The van der Waals surface area contributed by atoms with Crippen LogP contribution in [0.15, 0.2) is 60.3 Å². The number of nitrogens with one attached hydrogen (secondary N) is 4. The molecule has 0 aliphatic carbocycles. The van der Waals surface area contributed by atoms with Gasteiger partial charge in [-0.05, 0) is 48.9 Å². The maximum absolute atomic E-state index is 11.1. The van der Waals surface area contributed by atoms with E-state index in [9.17, 15) is 8.42 Å². The van der Waals surface area contributed by atoms with Crippen molar-refractivity contribution in [2.45, 2.75) is 6.92 Å². The molecule has 4 N–H and O–H groups in total. The molecule has 2 aromatic carbocycles. The largest absolute Gasteiger partial charge is 0.492 e. The molecule has 172 valence electrons. The molecule has 4 rings (SSSR count). The first-order valence-electron chi connectivity index (χ1n) is 10.4. The van der Waals surface area contributed by atoms with Crippen molar-refractivity contribution in [1.82, 2.24) is 14.7 Å². The normalized spacial score (nSPS) is 12.8. The van der Waals surface area contributed by atoms with Crippen LogP contribution in [-0.2, 0) is 10.0 Å². The van der Waals surface area contributed by atoms with Gasteiger partial charge < -0.3 is 20.7 Å². The minimum Gasteiger partial charge on any atom is -0.492 e. The van der Waals surface area contributed by atoms with Crippen molar-refractivity contribution >= 4 is 44.9 Å². The summed E-state index contributed by atoms with van der Waals surface area (Å²) in [5.74, 6) is 1.71. The quantitative estimate of drug-likeness (QED) is 0.353. The van der Waals surface area contributed by atoms with Gasteiger partial charge >= 0.3 is 0 Å². The summed E-state index contributed by atoms with van der Waals surface area (Å²) >= 11 is 0. The summed E-state index contributed by atoms with van der Waals surface area (Å²) in [5.41, 5.74) is 5.22. The highest BCUT2D eigenvalue weighted by molar-refractivity contribution is 7.88. The van der Waals surface area contributed by atoms with Crippen LogP contribution in [0.1, 0.15) is 12.5 Å². The SMILES string of the molecule is CC1=Cc2cc(Nc3ccnc(Nc4cccc(OCCNS(C)(=O)=O)c4)n3)ccc2NC1. The van der Waals surface area contributed by atoms with Crippen LogP contribution in [0.2, 0.25) is 0 Å². The minimum absolute atomic E-state index is 0.196. The van der Waals surface area contributed by atoms with Crippen LogP contribution in [0, 0.1) is 0 Å². The van der Waals surface area contributed by atoms with Gasteiger partial charge in [0.1, 0.15) is 18.2 Å². The zero-order chi connectivity index (χ0) is 23.3. The van der Waals surface area contributed by atoms with Crippen molar-refractivity contribution in [3.8, 4) is 5.75 Å². The van der Waals surface area contributed by atoms with E-state index in [1.54, 1.807) is 24.4 Å². The smallest absolute Gasteiger partial charge is 0.229 e. The Morgan fingerprint density at radius 2 is 1.94 bits per heavy atom. The molecule has 0 amide bonds. The van der Waals surface area contributed by atoms with E-state index in [2.05, 4.69) is 55.8 Å². The number of hydrogen-bond acceptors (Lipinski definition) is 8. The summed E-state index contributed by atoms with van der Waals surface area (Å²) in [6.07, 6.45) is 4.97. The number of rotatable bonds is 9. The lowest BCUT2D eigenvalue weighted by Crippen LogP contribution is -2.26. The first kappa shape index (κ1) is 22.6. The lowest BCUT2D eigenvalue weighted by Gasteiger charge is -2.17.